The molecule has 6 heteroatoms. The van der Waals surface area contributed by atoms with Gasteiger partial charge in [0, 0.05) is 64.2 Å². The summed E-state index contributed by atoms with van der Waals surface area (Å²) in [7, 11) is 0. The van der Waals surface area contributed by atoms with E-state index in [-0.39, 0.29) is 24.8 Å². The molecule has 3 aliphatic rings. The van der Waals surface area contributed by atoms with Gasteiger partial charge in [-0.1, -0.05) is 12.1 Å². The second kappa shape index (κ2) is 10.7. The van der Waals surface area contributed by atoms with Crippen molar-refractivity contribution in [2.75, 3.05) is 57.4 Å². The van der Waals surface area contributed by atoms with Gasteiger partial charge in [-0.3, -0.25) is 4.90 Å². The molecule has 3 heterocycles. The van der Waals surface area contributed by atoms with Gasteiger partial charge in [-0.15, -0.1) is 24.8 Å². The SMILES string of the molecule is Cl.Cl.c1cc(N2CCCC2)ccc1[C@H](C1CCOCC1)N1CCNCC1. The molecule has 0 aliphatic carbocycles. The summed E-state index contributed by atoms with van der Waals surface area (Å²) in [5.41, 5.74) is 2.91. The van der Waals surface area contributed by atoms with Gasteiger partial charge in [0.25, 0.3) is 0 Å². The Bertz CT molecular complexity index is 492. The normalized spacial score (nSPS) is 23.2. The van der Waals surface area contributed by atoms with Crippen molar-refractivity contribution >= 4 is 30.5 Å². The summed E-state index contributed by atoms with van der Waals surface area (Å²) in [5.74, 6) is 0.731. The zero-order valence-corrected chi connectivity index (χ0v) is 17.2. The highest BCUT2D eigenvalue weighted by molar-refractivity contribution is 5.85. The van der Waals surface area contributed by atoms with E-state index in [9.17, 15) is 0 Å². The van der Waals surface area contributed by atoms with E-state index in [1.54, 1.807) is 0 Å². The number of hydrogen-bond donors (Lipinski definition) is 1. The number of halogens is 2. The Labute approximate surface area is 170 Å². The van der Waals surface area contributed by atoms with Crippen molar-refractivity contribution in [3.8, 4) is 0 Å². The summed E-state index contributed by atoms with van der Waals surface area (Å²) in [4.78, 5) is 5.23. The van der Waals surface area contributed by atoms with Crippen molar-refractivity contribution in [1.82, 2.24) is 10.2 Å². The van der Waals surface area contributed by atoms with Crippen LogP contribution in [-0.2, 0) is 4.74 Å². The van der Waals surface area contributed by atoms with E-state index in [0.29, 0.717) is 6.04 Å². The Morgan fingerprint density at radius 3 is 2.12 bits per heavy atom. The first-order valence-corrected chi connectivity index (χ1v) is 9.79. The molecule has 0 spiro atoms. The number of rotatable bonds is 4. The first kappa shape index (κ1) is 21.8. The molecule has 3 aliphatic heterocycles. The summed E-state index contributed by atoms with van der Waals surface area (Å²) in [5, 5.41) is 3.50. The van der Waals surface area contributed by atoms with Gasteiger partial charge in [0.2, 0.25) is 0 Å². The summed E-state index contributed by atoms with van der Waals surface area (Å²) in [6.07, 6.45) is 5.07. The third-order valence-electron chi connectivity index (χ3n) is 5.96. The Kier molecular flexibility index (Phi) is 8.98. The zero-order valence-electron chi connectivity index (χ0n) is 15.6. The predicted octanol–water partition coefficient (Wildman–Crippen LogP) is 3.50. The second-order valence-electron chi connectivity index (χ2n) is 7.47. The van der Waals surface area contributed by atoms with Crippen molar-refractivity contribution in [3.05, 3.63) is 29.8 Å². The van der Waals surface area contributed by atoms with Crippen LogP contribution in [0.4, 0.5) is 5.69 Å². The number of ether oxygens (including phenoxy) is 1. The molecule has 4 rings (SSSR count). The predicted molar refractivity (Wildman–Crippen MR) is 113 cm³/mol. The Morgan fingerprint density at radius 1 is 0.885 bits per heavy atom. The molecule has 0 radical (unpaired) electrons. The molecular weight excluding hydrogens is 369 g/mol. The quantitative estimate of drug-likeness (QED) is 0.835. The largest absolute Gasteiger partial charge is 0.381 e. The molecule has 0 bridgehead atoms. The maximum absolute atomic E-state index is 5.62. The monoisotopic (exact) mass is 401 g/mol. The van der Waals surface area contributed by atoms with E-state index in [1.807, 2.05) is 0 Å². The molecule has 0 unspecified atom stereocenters. The molecule has 4 nitrogen and oxygen atoms in total. The van der Waals surface area contributed by atoms with Crippen molar-refractivity contribution in [2.24, 2.45) is 5.92 Å². The van der Waals surface area contributed by atoms with E-state index in [2.05, 4.69) is 39.4 Å². The van der Waals surface area contributed by atoms with Crippen LogP contribution in [0.5, 0.6) is 0 Å². The lowest BCUT2D eigenvalue weighted by molar-refractivity contribution is 0.0213. The van der Waals surface area contributed by atoms with Gasteiger partial charge in [-0.05, 0) is 49.3 Å². The number of anilines is 1. The lowest BCUT2D eigenvalue weighted by Crippen LogP contribution is -2.47. The Hall–Kier alpha value is -0.520. The summed E-state index contributed by atoms with van der Waals surface area (Å²) < 4.78 is 5.62. The maximum Gasteiger partial charge on any atom is 0.0469 e. The van der Waals surface area contributed by atoms with Crippen LogP contribution in [0, 0.1) is 5.92 Å². The molecule has 1 aromatic carbocycles. The number of piperazine rings is 1. The minimum Gasteiger partial charge on any atom is -0.381 e. The van der Waals surface area contributed by atoms with E-state index >= 15 is 0 Å². The van der Waals surface area contributed by atoms with Crippen LogP contribution < -0.4 is 10.2 Å². The van der Waals surface area contributed by atoms with Gasteiger partial charge in [0.1, 0.15) is 0 Å². The van der Waals surface area contributed by atoms with Crippen molar-refractivity contribution in [1.29, 1.82) is 0 Å². The van der Waals surface area contributed by atoms with Crippen molar-refractivity contribution in [2.45, 2.75) is 31.7 Å². The number of benzene rings is 1. The molecule has 3 saturated heterocycles. The fourth-order valence-corrected chi connectivity index (χ4v) is 4.63. The van der Waals surface area contributed by atoms with Gasteiger partial charge < -0.3 is 15.0 Å². The van der Waals surface area contributed by atoms with Crippen LogP contribution in [0.1, 0.15) is 37.3 Å². The fraction of sp³-hybridized carbons (Fsp3) is 0.700. The van der Waals surface area contributed by atoms with Gasteiger partial charge in [-0.2, -0.15) is 0 Å². The standard InChI is InChI=1S/C20H31N3O.2ClH/c1-2-12-22(11-1)19-5-3-17(4-6-19)20(18-7-15-24-16-8-18)23-13-9-21-10-14-23;;/h3-6,18,20-21H,1-2,7-16H2;2*1H/t20-;;/m1../s1. The van der Waals surface area contributed by atoms with E-state index in [0.717, 1.165) is 45.3 Å². The van der Waals surface area contributed by atoms with Crippen LogP contribution in [-0.4, -0.2) is 57.4 Å². The molecule has 1 atom stereocenters. The second-order valence-corrected chi connectivity index (χ2v) is 7.47. The molecule has 0 amide bonds. The first-order chi connectivity index (χ1) is 11.9. The molecule has 3 fully saturated rings. The molecule has 148 valence electrons. The first-order valence-electron chi connectivity index (χ1n) is 9.79. The molecule has 0 saturated carbocycles. The van der Waals surface area contributed by atoms with Crippen LogP contribution in [0.15, 0.2) is 24.3 Å². The average molecular weight is 402 g/mol. The van der Waals surface area contributed by atoms with E-state index in [1.165, 1.54) is 50.0 Å². The van der Waals surface area contributed by atoms with Gasteiger partial charge in [0.15, 0.2) is 0 Å². The molecular formula is C20H33Cl2N3O. The van der Waals surface area contributed by atoms with Crippen LogP contribution >= 0.6 is 24.8 Å². The summed E-state index contributed by atoms with van der Waals surface area (Å²) in [6, 6.07) is 10.1. The minimum atomic E-state index is 0. The van der Waals surface area contributed by atoms with Gasteiger partial charge in [0.05, 0.1) is 0 Å². The Morgan fingerprint density at radius 2 is 1.50 bits per heavy atom. The highest BCUT2D eigenvalue weighted by atomic mass is 35.5. The fourth-order valence-electron chi connectivity index (χ4n) is 4.63. The smallest absolute Gasteiger partial charge is 0.0469 e. The number of nitrogens with zero attached hydrogens (tertiary/aromatic N) is 2. The van der Waals surface area contributed by atoms with E-state index < -0.39 is 0 Å². The van der Waals surface area contributed by atoms with Crippen molar-refractivity contribution in [3.63, 3.8) is 0 Å². The van der Waals surface area contributed by atoms with Crippen LogP contribution in [0.3, 0.4) is 0 Å². The minimum absolute atomic E-state index is 0. The third-order valence-corrected chi connectivity index (χ3v) is 5.96. The van der Waals surface area contributed by atoms with Crippen LogP contribution in [0.25, 0.3) is 0 Å². The zero-order chi connectivity index (χ0) is 16.2. The molecule has 0 aromatic heterocycles. The lowest BCUT2D eigenvalue weighted by Gasteiger charge is -2.41. The summed E-state index contributed by atoms with van der Waals surface area (Å²) in [6.45, 7) is 8.86. The molecule has 1 aromatic rings. The Balaban J connectivity index is 0.00000121. The highest BCUT2D eigenvalue weighted by Gasteiger charge is 2.31. The maximum atomic E-state index is 5.62. The number of nitrogens with one attached hydrogen (secondary N) is 1. The van der Waals surface area contributed by atoms with Crippen LogP contribution in [0.2, 0.25) is 0 Å². The van der Waals surface area contributed by atoms with Crippen molar-refractivity contribution < 1.29 is 4.74 Å². The third kappa shape index (κ3) is 5.05. The molecule has 1 N–H and O–H groups in total. The van der Waals surface area contributed by atoms with Gasteiger partial charge >= 0.3 is 0 Å². The lowest BCUT2D eigenvalue weighted by atomic mass is 9.85. The average Bonchev–Trinajstić information content (AvgIpc) is 3.19. The van der Waals surface area contributed by atoms with E-state index in [4.69, 9.17) is 4.74 Å². The summed E-state index contributed by atoms with van der Waals surface area (Å²) >= 11 is 0. The van der Waals surface area contributed by atoms with Gasteiger partial charge in [-0.25, -0.2) is 0 Å². The number of hydrogen-bond acceptors (Lipinski definition) is 4. The molecule has 26 heavy (non-hydrogen) atoms. The topological polar surface area (TPSA) is 27.7 Å². The highest BCUT2D eigenvalue weighted by Crippen LogP contribution is 2.36.